The molecule has 0 spiro atoms. The second kappa shape index (κ2) is 5.72. The third-order valence-corrected chi connectivity index (χ3v) is 3.35. The van der Waals surface area contributed by atoms with Crippen molar-refractivity contribution in [2.75, 3.05) is 26.2 Å². The zero-order valence-electron chi connectivity index (χ0n) is 9.93. The van der Waals surface area contributed by atoms with E-state index in [-0.39, 0.29) is 12.7 Å². The molecule has 2 N–H and O–H groups in total. The summed E-state index contributed by atoms with van der Waals surface area (Å²) < 4.78 is 8.04. The number of ether oxygens (including phenoxy) is 1. The van der Waals surface area contributed by atoms with Crippen molar-refractivity contribution in [3.05, 3.63) is 10.6 Å². The molecular formula is C10H18N4O2S. The van der Waals surface area contributed by atoms with Gasteiger partial charge < -0.3 is 9.84 Å². The minimum atomic E-state index is -0.114. The minimum absolute atomic E-state index is 0.110. The predicted molar refractivity (Wildman–Crippen MR) is 65.2 cm³/mol. The summed E-state index contributed by atoms with van der Waals surface area (Å²) in [6, 6.07) is 0. The van der Waals surface area contributed by atoms with Crippen molar-refractivity contribution < 1.29 is 9.84 Å². The van der Waals surface area contributed by atoms with Gasteiger partial charge in [0.2, 0.25) is 0 Å². The van der Waals surface area contributed by atoms with Crippen LogP contribution in [-0.4, -0.2) is 57.1 Å². The molecule has 0 aliphatic carbocycles. The van der Waals surface area contributed by atoms with Crippen molar-refractivity contribution in [2.45, 2.75) is 26.2 Å². The Balaban J connectivity index is 2.04. The first-order chi connectivity index (χ1) is 8.24. The first-order valence-electron chi connectivity index (χ1n) is 5.83. The molecule has 0 amide bonds. The van der Waals surface area contributed by atoms with Crippen molar-refractivity contribution in [1.82, 2.24) is 19.7 Å². The van der Waals surface area contributed by atoms with Crippen molar-refractivity contribution in [3.8, 4) is 0 Å². The fourth-order valence-electron chi connectivity index (χ4n) is 2.04. The van der Waals surface area contributed by atoms with Crippen molar-refractivity contribution in [2.24, 2.45) is 0 Å². The summed E-state index contributed by atoms with van der Waals surface area (Å²) in [5, 5.41) is 15.8. The van der Waals surface area contributed by atoms with Gasteiger partial charge in [-0.25, -0.2) is 0 Å². The number of hydrogen-bond acceptors (Lipinski definition) is 5. The summed E-state index contributed by atoms with van der Waals surface area (Å²) in [5.41, 5.74) is 0. The van der Waals surface area contributed by atoms with E-state index in [1.807, 2.05) is 0 Å². The Labute approximate surface area is 105 Å². The monoisotopic (exact) mass is 258 g/mol. The highest BCUT2D eigenvalue weighted by Gasteiger charge is 2.21. The van der Waals surface area contributed by atoms with Gasteiger partial charge in [0.1, 0.15) is 6.61 Å². The number of likely N-dealkylation sites (N-methyl/N-ethyl adjacent to an activating group) is 1. The Morgan fingerprint density at radius 3 is 3.18 bits per heavy atom. The number of nitrogens with one attached hydrogen (secondary N) is 1. The van der Waals surface area contributed by atoms with Gasteiger partial charge in [-0.3, -0.25) is 14.6 Å². The molecular weight excluding hydrogens is 240 g/mol. The highest BCUT2D eigenvalue weighted by atomic mass is 32.1. The predicted octanol–water partition coefficient (Wildman–Crippen LogP) is 0.154. The smallest absolute Gasteiger partial charge is 0.195 e. The molecule has 7 heteroatoms. The second-order valence-electron chi connectivity index (χ2n) is 4.10. The average Bonchev–Trinajstić information content (AvgIpc) is 2.71. The van der Waals surface area contributed by atoms with Crippen LogP contribution in [0.15, 0.2) is 0 Å². The van der Waals surface area contributed by atoms with Gasteiger partial charge >= 0.3 is 0 Å². The van der Waals surface area contributed by atoms with E-state index in [9.17, 15) is 0 Å². The third-order valence-electron chi connectivity index (χ3n) is 3.04. The van der Waals surface area contributed by atoms with Crippen LogP contribution in [0.25, 0.3) is 0 Å². The summed E-state index contributed by atoms with van der Waals surface area (Å²) >= 11 is 5.13. The summed E-state index contributed by atoms with van der Waals surface area (Å²) in [6.07, 6.45) is 0.110. The molecule has 1 unspecified atom stereocenters. The van der Waals surface area contributed by atoms with Gasteiger partial charge in [-0.05, 0) is 18.8 Å². The maximum Gasteiger partial charge on any atom is 0.195 e. The highest BCUT2D eigenvalue weighted by molar-refractivity contribution is 7.71. The number of H-pyrrole nitrogens is 1. The zero-order chi connectivity index (χ0) is 12.3. The zero-order valence-corrected chi connectivity index (χ0v) is 10.7. The van der Waals surface area contributed by atoms with E-state index >= 15 is 0 Å². The standard InChI is InChI=1S/C10H18N4O2S/c1-2-13-3-4-16-8(5-13)6-14-9(7-15)11-12-10(14)17/h8,15H,2-7H2,1H3,(H,12,17). The van der Waals surface area contributed by atoms with E-state index in [4.69, 9.17) is 22.1 Å². The van der Waals surface area contributed by atoms with Crippen LogP contribution in [0.4, 0.5) is 0 Å². The molecule has 0 aromatic carbocycles. The van der Waals surface area contributed by atoms with Crippen LogP contribution >= 0.6 is 12.2 Å². The molecule has 1 aliphatic heterocycles. The highest BCUT2D eigenvalue weighted by Crippen LogP contribution is 2.09. The normalized spacial score (nSPS) is 21.9. The van der Waals surface area contributed by atoms with E-state index in [1.165, 1.54) is 0 Å². The Kier molecular flexibility index (Phi) is 4.27. The van der Waals surface area contributed by atoms with Gasteiger partial charge in [0.05, 0.1) is 19.3 Å². The van der Waals surface area contributed by atoms with Gasteiger partial charge in [-0.1, -0.05) is 6.92 Å². The van der Waals surface area contributed by atoms with Crippen LogP contribution in [0, 0.1) is 4.77 Å². The Hall–Kier alpha value is -0.760. The van der Waals surface area contributed by atoms with Gasteiger partial charge in [0.15, 0.2) is 10.6 Å². The summed E-state index contributed by atoms with van der Waals surface area (Å²) in [7, 11) is 0. The van der Waals surface area contributed by atoms with E-state index in [0.29, 0.717) is 17.1 Å². The number of aliphatic hydroxyl groups is 1. The van der Waals surface area contributed by atoms with Crippen LogP contribution in [-0.2, 0) is 17.9 Å². The van der Waals surface area contributed by atoms with Crippen LogP contribution < -0.4 is 0 Å². The Morgan fingerprint density at radius 2 is 2.47 bits per heavy atom. The second-order valence-corrected chi connectivity index (χ2v) is 4.49. The lowest BCUT2D eigenvalue weighted by Crippen LogP contribution is -2.44. The molecule has 0 bridgehead atoms. The number of hydrogen-bond donors (Lipinski definition) is 2. The lowest BCUT2D eigenvalue weighted by Gasteiger charge is -2.32. The molecule has 1 aromatic heterocycles. The average molecular weight is 258 g/mol. The van der Waals surface area contributed by atoms with E-state index in [0.717, 1.165) is 26.2 Å². The van der Waals surface area contributed by atoms with Crippen molar-refractivity contribution in [1.29, 1.82) is 0 Å². The lowest BCUT2D eigenvalue weighted by molar-refractivity contribution is -0.0351. The number of rotatable bonds is 4. The van der Waals surface area contributed by atoms with Crippen LogP contribution in [0.1, 0.15) is 12.7 Å². The van der Waals surface area contributed by atoms with E-state index in [2.05, 4.69) is 22.0 Å². The third kappa shape index (κ3) is 2.92. The SMILES string of the molecule is CCN1CCOC(Cn2c(CO)n[nH]c2=S)C1. The summed E-state index contributed by atoms with van der Waals surface area (Å²) in [5.74, 6) is 0.562. The van der Waals surface area contributed by atoms with Gasteiger partial charge in [0, 0.05) is 13.1 Å². The number of nitrogens with zero attached hydrogens (tertiary/aromatic N) is 3. The first kappa shape index (κ1) is 12.7. The minimum Gasteiger partial charge on any atom is -0.388 e. The van der Waals surface area contributed by atoms with E-state index in [1.54, 1.807) is 4.57 Å². The van der Waals surface area contributed by atoms with Gasteiger partial charge in [0.25, 0.3) is 0 Å². The maximum atomic E-state index is 9.16. The largest absolute Gasteiger partial charge is 0.388 e. The molecule has 2 rings (SSSR count). The molecule has 1 fully saturated rings. The van der Waals surface area contributed by atoms with Crippen molar-refractivity contribution in [3.63, 3.8) is 0 Å². The molecule has 1 aliphatic rings. The molecule has 17 heavy (non-hydrogen) atoms. The molecule has 0 radical (unpaired) electrons. The summed E-state index contributed by atoms with van der Waals surface area (Å²) in [4.78, 5) is 2.34. The number of morpholine rings is 1. The molecule has 1 atom stereocenters. The number of aromatic nitrogens is 3. The maximum absolute atomic E-state index is 9.16. The topological polar surface area (TPSA) is 66.3 Å². The van der Waals surface area contributed by atoms with E-state index < -0.39 is 0 Å². The lowest BCUT2D eigenvalue weighted by atomic mass is 10.2. The Bertz CT molecular complexity index is 417. The molecule has 1 aromatic rings. The van der Waals surface area contributed by atoms with Gasteiger partial charge in [-0.2, -0.15) is 5.10 Å². The number of aliphatic hydroxyl groups excluding tert-OH is 1. The summed E-state index contributed by atoms with van der Waals surface area (Å²) in [6.45, 7) is 6.33. The molecule has 6 nitrogen and oxygen atoms in total. The fourth-order valence-corrected chi connectivity index (χ4v) is 2.27. The molecule has 2 heterocycles. The first-order valence-corrected chi connectivity index (χ1v) is 6.24. The Morgan fingerprint density at radius 1 is 1.65 bits per heavy atom. The van der Waals surface area contributed by atoms with Crippen LogP contribution in [0.3, 0.4) is 0 Å². The van der Waals surface area contributed by atoms with Crippen LogP contribution in [0.2, 0.25) is 0 Å². The number of aromatic amines is 1. The molecule has 96 valence electrons. The molecule has 0 saturated carbocycles. The quantitative estimate of drug-likeness (QED) is 0.753. The van der Waals surface area contributed by atoms with Crippen LogP contribution in [0.5, 0.6) is 0 Å². The van der Waals surface area contributed by atoms with Gasteiger partial charge in [-0.15, -0.1) is 0 Å². The van der Waals surface area contributed by atoms with Crippen molar-refractivity contribution >= 4 is 12.2 Å². The molecule has 1 saturated heterocycles. The fraction of sp³-hybridized carbons (Fsp3) is 0.800.